The van der Waals surface area contributed by atoms with Gasteiger partial charge in [0.25, 0.3) is 5.56 Å². The number of aromatic amines is 1. The quantitative estimate of drug-likeness (QED) is 0.429. The number of hydrogen-bond acceptors (Lipinski definition) is 4. The van der Waals surface area contributed by atoms with E-state index in [2.05, 4.69) is 69.1 Å². The number of aromatic nitrogens is 2. The number of fused-ring (bicyclic) bond motifs is 2. The molecule has 0 radical (unpaired) electrons. The van der Waals surface area contributed by atoms with Crippen molar-refractivity contribution in [2.24, 2.45) is 4.99 Å². The summed E-state index contributed by atoms with van der Waals surface area (Å²) in [5, 5.41) is 14.0. The maximum Gasteiger partial charge on any atom is 0.320 e. The molecule has 3 N–H and O–H groups in total. The smallest absolute Gasteiger partial charge is 0.320 e. The highest BCUT2D eigenvalue weighted by Gasteiger charge is 2.18. The summed E-state index contributed by atoms with van der Waals surface area (Å²) in [4.78, 5) is 28.6. The van der Waals surface area contributed by atoms with Crippen LogP contribution in [0.1, 0.15) is 29.3 Å². The van der Waals surface area contributed by atoms with Crippen LogP contribution in [0.25, 0.3) is 21.9 Å². The Kier molecular flexibility index (Phi) is 5.67. The van der Waals surface area contributed by atoms with Gasteiger partial charge in [-0.3, -0.25) is 10.1 Å². The van der Waals surface area contributed by atoms with Crippen LogP contribution in [0.5, 0.6) is 0 Å². The summed E-state index contributed by atoms with van der Waals surface area (Å²) in [5.41, 5.74) is 7.08. The van der Waals surface area contributed by atoms with E-state index in [0.29, 0.717) is 30.6 Å². The molecule has 0 bridgehead atoms. The second-order valence-corrected chi connectivity index (χ2v) is 8.43. The molecule has 1 aliphatic rings. The first-order chi connectivity index (χ1) is 16.5. The van der Waals surface area contributed by atoms with Crippen LogP contribution in [0.3, 0.4) is 0 Å². The van der Waals surface area contributed by atoms with Gasteiger partial charge in [-0.05, 0) is 53.8 Å². The lowest BCUT2D eigenvalue weighted by Crippen LogP contribution is -2.39. The molecule has 1 aromatic heterocycles. The Bertz CT molecular complexity index is 1500. The van der Waals surface area contributed by atoms with Gasteiger partial charge in [0.2, 0.25) is 0 Å². The first kappa shape index (κ1) is 21.6. The molecule has 3 aromatic carbocycles. The number of benzene rings is 3. The molecule has 0 saturated carbocycles. The molecule has 5 rings (SSSR count). The molecule has 2 heterocycles. The molecule has 2 amide bonds. The van der Waals surface area contributed by atoms with Crippen LogP contribution in [-0.2, 0) is 12.8 Å². The van der Waals surface area contributed by atoms with Crippen LogP contribution >= 0.6 is 0 Å². The first-order valence-electron chi connectivity index (χ1n) is 11.3. The second-order valence-electron chi connectivity index (χ2n) is 8.43. The van der Waals surface area contributed by atoms with E-state index in [-0.39, 0.29) is 11.6 Å². The van der Waals surface area contributed by atoms with Crippen LogP contribution in [0.15, 0.2) is 70.5 Å². The van der Waals surface area contributed by atoms with E-state index >= 15 is 0 Å². The minimum Gasteiger partial charge on any atom is -0.338 e. The molecule has 0 atom stereocenters. The standard InChI is InChI=1S/C27H25N5O2/c1-3-28-27(34)30-25-15-19-11-10-18(14-23(19)29-25)22-12-17(9-8-16(22)2)13-24-20-6-4-5-7-21(20)26(33)32-31-24/h4-12,14H,3,13,15H2,1-2H3,(H,32,33)(H2,28,29,30,34). The van der Waals surface area contributed by atoms with Gasteiger partial charge < -0.3 is 5.32 Å². The van der Waals surface area contributed by atoms with Crippen molar-refractivity contribution in [2.75, 3.05) is 6.54 Å². The Morgan fingerprint density at radius 3 is 2.71 bits per heavy atom. The van der Waals surface area contributed by atoms with E-state index in [1.165, 1.54) is 0 Å². The van der Waals surface area contributed by atoms with E-state index in [4.69, 9.17) is 0 Å². The van der Waals surface area contributed by atoms with Gasteiger partial charge in [0.05, 0.1) is 16.8 Å². The molecule has 7 heteroatoms. The van der Waals surface area contributed by atoms with Crippen molar-refractivity contribution in [1.82, 2.24) is 20.8 Å². The predicted octanol–water partition coefficient (Wildman–Crippen LogP) is 4.39. The van der Waals surface area contributed by atoms with E-state index in [1.807, 2.05) is 31.2 Å². The molecule has 7 nitrogen and oxygen atoms in total. The fourth-order valence-corrected chi connectivity index (χ4v) is 4.35. The monoisotopic (exact) mass is 451 g/mol. The molecule has 0 fully saturated rings. The number of carbonyl (C=O) groups is 1. The SMILES string of the molecule is CCNC(=O)NC1=Nc2cc(-c3cc(Cc4n[nH]c(=O)c5ccccc45)ccc3C)ccc2C1. The number of aliphatic imine (C=N–C) groups is 1. The third kappa shape index (κ3) is 4.20. The average Bonchev–Trinajstić information content (AvgIpc) is 3.23. The zero-order valence-corrected chi connectivity index (χ0v) is 19.1. The summed E-state index contributed by atoms with van der Waals surface area (Å²) in [6, 6.07) is 19.9. The average molecular weight is 452 g/mol. The second kappa shape index (κ2) is 8.94. The summed E-state index contributed by atoms with van der Waals surface area (Å²) in [6.07, 6.45) is 1.21. The van der Waals surface area contributed by atoms with Crippen LogP contribution < -0.4 is 16.2 Å². The molecule has 0 saturated heterocycles. The van der Waals surface area contributed by atoms with E-state index in [9.17, 15) is 9.59 Å². The van der Waals surface area contributed by atoms with Gasteiger partial charge in [0, 0.05) is 24.8 Å². The minimum absolute atomic E-state index is 0.177. The van der Waals surface area contributed by atoms with Crippen molar-refractivity contribution in [3.8, 4) is 11.1 Å². The van der Waals surface area contributed by atoms with Crippen molar-refractivity contribution in [1.29, 1.82) is 0 Å². The fraction of sp³-hybridized carbons (Fsp3) is 0.185. The van der Waals surface area contributed by atoms with Gasteiger partial charge in [0.1, 0.15) is 5.84 Å². The van der Waals surface area contributed by atoms with Crippen LogP contribution in [0, 0.1) is 6.92 Å². The molecule has 0 spiro atoms. The van der Waals surface area contributed by atoms with Crippen LogP contribution in [0.2, 0.25) is 0 Å². The first-order valence-corrected chi connectivity index (χ1v) is 11.3. The highest BCUT2D eigenvalue weighted by Crippen LogP contribution is 2.33. The maximum atomic E-state index is 12.1. The number of amides is 2. The van der Waals surface area contributed by atoms with Crippen molar-refractivity contribution in [3.05, 3.63) is 93.4 Å². The van der Waals surface area contributed by atoms with Crippen molar-refractivity contribution in [3.63, 3.8) is 0 Å². The summed E-state index contributed by atoms with van der Waals surface area (Å²) >= 11 is 0. The van der Waals surface area contributed by atoms with E-state index in [1.54, 1.807) is 0 Å². The number of amidine groups is 1. The molecule has 0 unspecified atom stereocenters. The van der Waals surface area contributed by atoms with Crippen molar-refractivity contribution in [2.45, 2.75) is 26.7 Å². The number of rotatable bonds is 4. The number of carbonyl (C=O) groups excluding carboxylic acids is 1. The highest BCUT2D eigenvalue weighted by atomic mass is 16.2. The van der Waals surface area contributed by atoms with Crippen molar-refractivity contribution < 1.29 is 4.79 Å². The Morgan fingerprint density at radius 2 is 1.88 bits per heavy atom. The van der Waals surface area contributed by atoms with Gasteiger partial charge >= 0.3 is 6.03 Å². The summed E-state index contributed by atoms with van der Waals surface area (Å²) < 4.78 is 0. The summed E-state index contributed by atoms with van der Waals surface area (Å²) in [6.45, 7) is 4.53. The van der Waals surface area contributed by atoms with Crippen LogP contribution in [0.4, 0.5) is 10.5 Å². The number of nitrogens with zero attached hydrogens (tertiary/aromatic N) is 2. The highest BCUT2D eigenvalue weighted by molar-refractivity contribution is 6.02. The Labute approximate surface area is 197 Å². The lowest BCUT2D eigenvalue weighted by molar-refractivity contribution is 0.245. The molecule has 170 valence electrons. The lowest BCUT2D eigenvalue weighted by Gasteiger charge is -2.11. The van der Waals surface area contributed by atoms with Gasteiger partial charge in [-0.1, -0.05) is 48.5 Å². The third-order valence-electron chi connectivity index (χ3n) is 6.05. The minimum atomic E-state index is -0.235. The maximum absolute atomic E-state index is 12.1. The molecular weight excluding hydrogens is 426 g/mol. The van der Waals surface area contributed by atoms with Gasteiger partial charge in [-0.2, -0.15) is 5.10 Å². The zero-order valence-electron chi connectivity index (χ0n) is 19.1. The normalized spacial score (nSPS) is 12.4. The Morgan fingerprint density at radius 1 is 1.06 bits per heavy atom. The topological polar surface area (TPSA) is 99.2 Å². The molecule has 0 aliphatic carbocycles. The lowest BCUT2D eigenvalue weighted by atomic mass is 9.94. The zero-order chi connectivity index (χ0) is 23.7. The number of nitrogens with one attached hydrogen (secondary N) is 3. The molecule has 1 aliphatic heterocycles. The van der Waals surface area contributed by atoms with E-state index < -0.39 is 0 Å². The summed E-state index contributed by atoms with van der Waals surface area (Å²) in [5.74, 6) is 0.652. The fourth-order valence-electron chi connectivity index (χ4n) is 4.35. The number of H-pyrrole nitrogens is 1. The number of urea groups is 1. The molecule has 34 heavy (non-hydrogen) atoms. The predicted molar refractivity (Wildman–Crippen MR) is 135 cm³/mol. The van der Waals surface area contributed by atoms with Crippen molar-refractivity contribution >= 4 is 28.3 Å². The largest absolute Gasteiger partial charge is 0.338 e. The van der Waals surface area contributed by atoms with Gasteiger partial charge in [-0.25, -0.2) is 14.9 Å². The molecular formula is C27H25N5O2. The van der Waals surface area contributed by atoms with E-state index in [0.717, 1.165) is 44.6 Å². The van der Waals surface area contributed by atoms with Crippen LogP contribution in [-0.4, -0.2) is 28.6 Å². The Balaban J connectivity index is 1.45. The van der Waals surface area contributed by atoms with Gasteiger partial charge in [0.15, 0.2) is 0 Å². The number of aryl methyl sites for hydroxylation is 1. The Hall–Kier alpha value is -4.26. The van der Waals surface area contributed by atoms with Gasteiger partial charge in [-0.15, -0.1) is 0 Å². The summed E-state index contributed by atoms with van der Waals surface area (Å²) in [7, 11) is 0. The molecule has 4 aromatic rings. The third-order valence-corrected chi connectivity index (χ3v) is 6.05. The number of hydrogen-bond donors (Lipinski definition) is 3.